The average molecular weight is 428 g/mol. The number of rotatable bonds is 6. The van der Waals surface area contributed by atoms with Gasteiger partial charge in [0.2, 0.25) is 0 Å². The van der Waals surface area contributed by atoms with Crippen LogP contribution in [-0.4, -0.2) is 37.5 Å². The summed E-state index contributed by atoms with van der Waals surface area (Å²) < 4.78 is 0. The van der Waals surface area contributed by atoms with E-state index in [2.05, 4.69) is 51.4 Å². The third-order valence-corrected chi connectivity index (χ3v) is 4.04. The van der Waals surface area contributed by atoms with Crippen LogP contribution >= 0.6 is 24.0 Å². The second-order valence-electron chi connectivity index (χ2n) is 5.70. The van der Waals surface area contributed by atoms with Crippen LogP contribution < -0.4 is 10.6 Å². The van der Waals surface area contributed by atoms with Crippen molar-refractivity contribution in [3.8, 4) is 0 Å². The van der Waals surface area contributed by atoms with E-state index in [0.29, 0.717) is 0 Å². The number of hydrogen-bond donors (Lipinski definition) is 2. The Balaban J connectivity index is 0.00000264. The molecule has 2 N–H and O–H groups in total. The summed E-state index contributed by atoms with van der Waals surface area (Å²) in [5.74, 6) is 0.813. The molecule has 0 aromatic heterocycles. The summed E-state index contributed by atoms with van der Waals surface area (Å²) in [5.41, 5.74) is 2.76. The predicted molar refractivity (Wildman–Crippen MR) is 109 cm³/mol. The number of likely N-dealkylation sites (tertiary alicyclic amines) is 1. The third-order valence-electron chi connectivity index (χ3n) is 4.04. The minimum Gasteiger partial charge on any atom is -0.353 e. The molecule has 1 fully saturated rings. The molecule has 0 spiro atoms. The minimum absolute atomic E-state index is 0. The van der Waals surface area contributed by atoms with Crippen LogP contribution in [0, 0.1) is 0 Å². The highest BCUT2D eigenvalue weighted by molar-refractivity contribution is 14.0. The predicted octanol–water partition coefficient (Wildman–Crippen LogP) is 3.14. The Kier molecular flexibility index (Phi) is 9.94. The Bertz CT molecular complexity index is 496. The molecule has 128 valence electrons. The first-order chi connectivity index (χ1) is 10.8. The summed E-state index contributed by atoms with van der Waals surface area (Å²) in [7, 11) is 1.79. The van der Waals surface area contributed by atoms with Crippen molar-refractivity contribution < 1.29 is 0 Å². The van der Waals surface area contributed by atoms with E-state index in [0.717, 1.165) is 25.6 Å². The zero-order valence-corrected chi connectivity index (χ0v) is 16.4. The first kappa shape index (κ1) is 20.0. The highest BCUT2D eigenvalue weighted by atomic mass is 127. The minimum atomic E-state index is 0. The topological polar surface area (TPSA) is 39.7 Å². The molecular formula is C18H29IN4. The number of benzene rings is 1. The number of nitrogens with zero attached hydrogens (tertiary/aromatic N) is 2. The maximum atomic E-state index is 4.22. The molecule has 0 saturated carbocycles. The first-order valence-corrected chi connectivity index (χ1v) is 8.18. The molecule has 1 aromatic carbocycles. The number of hydrogen-bond acceptors (Lipinski definition) is 2. The fourth-order valence-electron chi connectivity index (χ4n) is 2.81. The molecule has 0 aliphatic carbocycles. The second-order valence-corrected chi connectivity index (χ2v) is 5.70. The molecule has 23 heavy (non-hydrogen) atoms. The van der Waals surface area contributed by atoms with Crippen LogP contribution in [-0.2, 0) is 13.1 Å². The van der Waals surface area contributed by atoms with Crippen molar-refractivity contribution in [1.82, 2.24) is 15.5 Å². The molecule has 1 heterocycles. The lowest BCUT2D eigenvalue weighted by Gasteiger charge is -2.27. The summed E-state index contributed by atoms with van der Waals surface area (Å²) in [4.78, 5) is 6.78. The van der Waals surface area contributed by atoms with E-state index in [4.69, 9.17) is 0 Å². The zero-order chi connectivity index (χ0) is 15.6. The Morgan fingerprint density at radius 1 is 1.17 bits per heavy atom. The van der Waals surface area contributed by atoms with Gasteiger partial charge in [0, 0.05) is 26.7 Å². The molecule has 2 rings (SSSR count). The molecule has 1 aliphatic rings. The summed E-state index contributed by atoms with van der Waals surface area (Å²) in [6, 6.07) is 8.68. The van der Waals surface area contributed by atoms with Gasteiger partial charge >= 0.3 is 0 Å². The quantitative estimate of drug-likeness (QED) is 0.317. The maximum absolute atomic E-state index is 4.22. The van der Waals surface area contributed by atoms with Crippen LogP contribution in [0.2, 0.25) is 0 Å². The highest BCUT2D eigenvalue weighted by Crippen LogP contribution is 2.16. The van der Waals surface area contributed by atoms with E-state index >= 15 is 0 Å². The SMILES string of the molecule is C=CCNC(=NC)NCc1ccccc1CN1CCCCC1.I. The van der Waals surface area contributed by atoms with E-state index in [1.54, 1.807) is 7.05 Å². The van der Waals surface area contributed by atoms with Gasteiger partial charge in [0.25, 0.3) is 0 Å². The summed E-state index contributed by atoms with van der Waals surface area (Å²) >= 11 is 0. The Labute approximate surface area is 157 Å². The Morgan fingerprint density at radius 3 is 2.52 bits per heavy atom. The van der Waals surface area contributed by atoms with Crippen molar-refractivity contribution in [1.29, 1.82) is 0 Å². The lowest BCUT2D eigenvalue weighted by molar-refractivity contribution is 0.220. The summed E-state index contributed by atoms with van der Waals surface area (Å²) in [6.07, 6.45) is 5.87. The molecule has 4 nitrogen and oxygen atoms in total. The van der Waals surface area contributed by atoms with Crippen molar-refractivity contribution in [3.63, 3.8) is 0 Å². The number of aliphatic imine (C=N–C) groups is 1. The standard InChI is InChI=1S/C18H28N4.HI/c1-3-11-20-18(19-2)21-14-16-9-5-6-10-17(16)15-22-12-7-4-8-13-22;/h3,5-6,9-10H,1,4,7-8,11-15H2,2H3,(H2,19,20,21);1H. The van der Waals surface area contributed by atoms with Gasteiger partial charge in [-0.2, -0.15) is 0 Å². The lowest BCUT2D eigenvalue weighted by atomic mass is 10.0. The fraction of sp³-hybridized carbons (Fsp3) is 0.500. The Morgan fingerprint density at radius 2 is 1.87 bits per heavy atom. The van der Waals surface area contributed by atoms with Gasteiger partial charge < -0.3 is 10.6 Å². The molecule has 0 amide bonds. The second kappa shape index (κ2) is 11.5. The van der Waals surface area contributed by atoms with Crippen LogP contribution in [0.1, 0.15) is 30.4 Å². The van der Waals surface area contributed by atoms with E-state index in [1.165, 1.54) is 43.5 Å². The highest BCUT2D eigenvalue weighted by Gasteiger charge is 2.12. The van der Waals surface area contributed by atoms with Crippen LogP contribution in [0.15, 0.2) is 41.9 Å². The van der Waals surface area contributed by atoms with Gasteiger partial charge in [-0.25, -0.2) is 0 Å². The number of nitrogens with one attached hydrogen (secondary N) is 2. The van der Waals surface area contributed by atoms with Crippen LogP contribution in [0.3, 0.4) is 0 Å². The van der Waals surface area contributed by atoms with Gasteiger partial charge in [-0.05, 0) is 37.1 Å². The molecule has 0 bridgehead atoms. The normalized spacial score (nSPS) is 15.6. The maximum Gasteiger partial charge on any atom is 0.191 e. The van der Waals surface area contributed by atoms with Crippen molar-refractivity contribution in [3.05, 3.63) is 48.0 Å². The van der Waals surface area contributed by atoms with Crippen LogP contribution in [0.4, 0.5) is 0 Å². The van der Waals surface area contributed by atoms with Crippen LogP contribution in [0.25, 0.3) is 0 Å². The molecule has 0 atom stereocenters. The van der Waals surface area contributed by atoms with E-state index in [-0.39, 0.29) is 24.0 Å². The molecule has 1 saturated heterocycles. The largest absolute Gasteiger partial charge is 0.353 e. The molecule has 0 unspecified atom stereocenters. The van der Waals surface area contributed by atoms with Gasteiger partial charge in [-0.15, -0.1) is 30.6 Å². The first-order valence-electron chi connectivity index (χ1n) is 8.18. The summed E-state index contributed by atoms with van der Waals surface area (Å²) in [5, 5.41) is 6.57. The number of halogens is 1. The van der Waals surface area contributed by atoms with Gasteiger partial charge in [-0.3, -0.25) is 9.89 Å². The van der Waals surface area contributed by atoms with Crippen molar-refractivity contribution in [2.24, 2.45) is 4.99 Å². The fourth-order valence-corrected chi connectivity index (χ4v) is 2.81. The van der Waals surface area contributed by atoms with Crippen LogP contribution in [0.5, 0.6) is 0 Å². The monoisotopic (exact) mass is 428 g/mol. The molecular weight excluding hydrogens is 399 g/mol. The zero-order valence-electron chi connectivity index (χ0n) is 14.1. The van der Waals surface area contributed by atoms with E-state index in [1.807, 2.05) is 6.08 Å². The Hall–Kier alpha value is -1.08. The van der Waals surface area contributed by atoms with Crippen molar-refractivity contribution in [2.75, 3.05) is 26.7 Å². The summed E-state index contributed by atoms with van der Waals surface area (Å²) in [6.45, 7) is 8.73. The van der Waals surface area contributed by atoms with Crippen molar-refractivity contribution in [2.45, 2.75) is 32.4 Å². The van der Waals surface area contributed by atoms with E-state index < -0.39 is 0 Å². The van der Waals surface area contributed by atoms with E-state index in [9.17, 15) is 0 Å². The smallest absolute Gasteiger partial charge is 0.191 e. The molecule has 1 aromatic rings. The number of guanidine groups is 1. The average Bonchev–Trinajstić information content (AvgIpc) is 2.57. The van der Waals surface area contributed by atoms with Gasteiger partial charge in [0.15, 0.2) is 5.96 Å². The number of piperidine rings is 1. The molecule has 0 radical (unpaired) electrons. The third kappa shape index (κ3) is 6.91. The molecule has 5 heteroatoms. The molecule has 1 aliphatic heterocycles. The van der Waals surface area contributed by atoms with Gasteiger partial charge in [0.1, 0.15) is 0 Å². The lowest BCUT2D eigenvalue weighted by Crippen LogP contribution is -2.37. The van der Waals surface area contributed by atoms with Gasteiger partial charge in [0.05, 0.1) is 0 Å². The van der Waals surface area contributed by atoms with Gasteiger partial charge in [-0.1, -0.05) is 36.8 Å². The van der Waals surface area contributed by atoms with Crippen molar-refractivity contribution >= 4 is 29.9 Å².